The number of likely N-dealkylation sites (tertiary alicyclic amines) is 1. The van der Waals surface area contributed by atoms with Crippen molar-refractivity contribution in [3.63, 3.8) is 0 Å². The molecule has 1 fully saturated rings. The average molecular weight is 297 g/mol. The summed E-state index contributed by atoms with van der Waals surface area (Å²) in [5.41, 5.74) is 0. The highest BCUT2D eigenvalue weighted by molar-refractivity contribution is 8.00. The van der Waals surface area contributed by atoms with Crippen molar-refractivity contribution in [3.8, 4) is 0 Å². The van der Waals surface area contributed by atoms with Crippen molar-refractivity contribution in [3.05, 3.63) is 30.1 Å². The summed E-state index contributed by atoms with van der Waals surface area (Å²) in [6.45, 7) is 1.31. The van der Waals surface area contributed by atoms with Gasteiger partial charge in [0.25, 0.3) is 5.91 Å². The van der Waals surface area contributed by atoms with Gasteiger partial charge >= 0.3 is 5.97 Å². The molecule has 1 aliphatic heterocycles. The summed E-state index contributed by atoms with van der Waals surface area (Å²) in [5, 5.41) is 0. The summed E-state index contributed by atoms with van der Waals surface area (Å²) in [6, 6.07) is 5.88. The lowest BCUT2D eigenvalue weighted by Crippen LogP contribution is -2.32. The van der Waals surface area contributed by atoms with E-state index in [1.807, 2.05) is 0 Å². The van der Waals surface area contributed by atoms with E-state index in [1.54, 1.807) is 17.0 Å². The molecule has 20 heavy (non-hydrogen) atoms. The van der Waals surface area contributed by atoms with Crippen LogP contribution in [0.25, 0.3) is 0 Å². The molecule has 0 unspecified atom stereocenters. The molecule has 0 aromatic heterocycles. The highest BCUT2D eigenvalue weighted by Crippen LogP contribution is 2.18. The number of thioether (sulfide) groups is 1. The number of esters is 1. The van der Waals surface area contributed by atoms with E-state index in [2.05, 4.69) is 0 Å². The van der Waals surface area contributed by atoms with E-state index in [0.717, 1.165) is 30.8 Å². The standard InChI is InChI=1S/C14H16FNO3S/c15-11-3-5-12(6-4-11)20-10-14(18)19-9-13(17)16-7-1-2-8-16/h3-6H,1-2,7-10H2. The fourth-order valence-electron chi connectivity index (χ4n) is 1.91. The Bertz CT molecular complexity index is 472. The van der Waals surface area contributed by atoms with Gasteiger partial charge in [0.1, 0.15) is 5.82 Å². The Balaban J connectivity index is 1.67. The maximum absolute atomic E-state index is 12.7. The molecule has 108 valence electrons. The van der Waals surface area contributed by atoms with E-state index in [-0.39, 0.29) is 24.1 Å². The van der Waals surface area contributed by atoms with Crippen molar-refractivity contribution in [2.24, 2.45) is 0 Å². The largest absolute Gasteiger partial charge is 0.455 e. The molecule has 0 radical (unpaired) electrons. The lowest BCUT2D eigenvalue weighted by Gasteiger charge is -2.14. The van der Waals surface area contributed by atoms with Crippen molar-refractivity contribution >= 4 is 23.6 Å². The van der Waals surface area contributed by atoms with Gasteiger partial charge in [-0.25, -0.2) is 4.39 Å². The first kappa shape index (κ1) is 14.8. The number of hydrogen-bond donors (Lipinski definition) is 0. The molecule has 4 nitrogen and oxygen atoms in total. The average Bonchev–Trinajstić information content (AvgIpc) is 2.98. The number of carbonyl (C=O) groups excluding carboxylic acids is 2. The second-order valence-corrected chi connectivity index (χ2v) is 5.54. The monoisotopic (exact) mass is 297 g/mol. The molecule has 0 bridgehead atoms. The number of ether oxygens (including phenoxy) is 1. The number of nitrogens with zero attached hydrogens (tertiary/aromatic N) is 1. The zero-order chi connectivity index (χ0) is 14.4. The van der Waals surface area contributed by atoms with Gasteiger partial charge in [0.2, 0.25) is 0 Å². The Morgan fingerprint density at radius 1 is 1.20 bits per heavy atom. The van der Waals surface area contributed by atoms with E-state index in [0.29, 0.717) is 0 Å². The number of amides is 1. The van der Waals surface area contributed by atoms with Crippen LogP contribution < -0.4 is 0 Å². The van der Waals surface area contributed by atoms with Crippen molar-refractivity contribution in [1.29, 1.82) is 0 Å². The normalized spacial score (nSPS) is 14.3. The molecule has 1 aromatic rings. The summed E-state index contributed by atoms with van der Waals surface area (Å²) in [7, 11) is 0. The predicted octanol–water partition coefficient (Wildman–Crippen LogP) is 2.08. The number of carbonyl (C=O) groups is 2. The third-order valence-corrected chi connectivity index (χ3v) is 3.97. The molecule has 0 N–H and O–H groups in total. The van der Waals surface area contributed by atoms with Crippen LogP contribution in [0.1, 0.15) is 12.8 Å². The van der Waals surface area contributed by atoms with Crippen LogP contribution >= 0.6 is 11.8 Å². The van der Waals surface area contributed by atoms with Gasteiger partial charge in [-0.3, -0.25) is 9.59 Å². The van der Waals surface area contributed by atoms with Gasteiger partial charge in [0, 0.05) is 18.0 Å². The SMILES string of the molecule is O=C(CSc1ccc(F)cc1)OCC(=O)N1CCCC1. The van der Waals surface area contributed by atoms with E-state index in [1.165, 1.54) is 23.9 Å². The summed E-state index contributed by atoms with van der Waals surface area (Å²) in [6.07, 6.45) is 2.03. The first-order chi connectivity index (χ1) is 9.65. The van der Waals surface area contributed by atoms with E-state index >= 15 is 0 Å². The Labute approximate surface area is 121 Å². The van der Waals surface area contributed by atoms with Crippen LogP contribution in [0.5, 0.6) is 0 Å². The third kappa shape index (κ3) is 4.52. The van der Waals surface area contributed by atoms with Crippen LogP contribution in [0.2, 0.25) is 0 Å². The van der Waals surface area contributed by atoms with Crippen LogP contribution in [0.15, 0.2) is 29.2 Å². The number of hydrogen-bond acceptors (Lipinski definition) is 4. The highest BCUT2D eigenvalue weighted by Gasteiger charge is 2.19. The van der Waals surface area contributed by atoms with Gasteiger partial charge in [-0.15, -0.1) is 11.8 Å². The molecule has 6 heteroatoms. The molecule has 0 atom stereocenters. The smallest absolute Gasteiger partial charge is 0.316 e. The Hall–Kier alpha value is -1.56. The van der Waals surface area contributed by atoms with E-state index < -0.39 is 5.97 Å². The number of halogens is 1. The van der Waals surface area contributed by atoms with Crippen LogP contribution in [0.4, 0.5) is 4.39 Å². The fourth-order valence-corrected chi connectivity index (χ4v) is 2.61. The van der Waals surface area contributed by atoms with Crippen molar-refractivity contribution in [2.75, 3.05) is 25.4 Å². The van der Waals surface area contributed by atoms with Gasteiger partial charge < -0.3 is 9.64 Å². The maximum Gasteiger partial charge on any atom is 0.316 e. The zero-order valence-corrected chi connectivity index (χ0v) is 11.8. The van der Waals surface area contributed by atoms with Crippen molar-refractivity contribution < 1.29 is 18.7 Å². The molecule has 2 rings (SSSR count). The van der Waals surface area contributed by atoms with Crippen LogP contribution in [-0.4, -0.2) is 42.2 Å². The Kier molecular flexibility index (Phi) is 5.40. The topological polar surface area (TPSA) is 46.6 Å². The van der Waals surface area contributed by atoms with Crippen LogP contribution in [0, 0.1) is 5.82 Å². The Morgan fingerprint density at radius 2 is 1.85 bits per heavy atom. The molecule has 0 aliphatic carbocycles. The molecule has 0 saturated carbocycles. The molecule has 1 amide bonds. The summed E-state index contributed by atoms with van der Waals surface area (Å²) in [4.78, 5) is 25.7. The van der Waals surface area contributed by atoms with Crippen molar-refractivity contribution in [1.82, 2.24) is 4.90 Å². The summed E-state index contributed by atoms with van der Waals surface area (Å²) in [5.74, 6) is -0.776. The quantitative estimate of drug-likeness (QED) is 0.617. The molecule has 0 spiro atoms. The van der Waals surface area contributed by atoms with Gasteiger partial charge in [-0.2, -0.15) is 0 Å². The minimum atomic E-state index is -0.438. The first-order valence-electron chi connectivity index (χ1n) is 6.47. The minimum Gasteiger partial charge on any atom is -0.455 e. The predicted molar refractivity (Wildman–Crippen MR) is 73.9 cm³/mol. The summed E-state index contributed by atoms with van der Waals surface area (Å²) < 4.78 is 17.6. The summed E-state index contributed by atoms with van der Waals surface area (Å²) >= 11 is 1.26. The first-order valence-corrected chi connectivity index (χ1v) is 7.45. The zero-order valence-electron chi connectivity index (χ0n) is 11.0. The van der Waals surface area contributed by atoms with Gasteiger partial charge in [-0.05, 0) is 37.1 Å². The minimum absolute atomic E-state index is 0.110. The highest BCUT2D eigenvalue weighted by atomic mass is 32.2. The van der Waals surface area contributed by atoms with Crippen LogP contribution in [0.3, 0.4) is 0 Å². The molecule has 1 heterocycles. The van der Waals surface area contributed by atoms with E-state index in [9.17, 15) is 14.0 Å². The molecule has 1 aliphatic rings. The number of rotatable bonds is 5. The van der Waals surface area contributed by atoms with Gasteiger partial charge in [-0.1, -0.05) is 0 Å². The molecular formula is C14H16FNO3S. The Morgan fingerprint density at radius 3 is 2.50 bits per heavy atom. The van der Waals surface area contributed by atoms with Crippen LogP contribution in [-0.2, 0) is 14.3 Å². The maximum atomic E-state index is 12.7. The molecule has 1 aromatic carbocycles. The second kappa shape index (κ2) is 7.28. The molecule has 1 saturated heterocycles. The fraction of sp³-hybridized carbons (Fsp3) is 0.429. The van der Waals surface area contributed by atoms with E-state index in [4.69, 9.17) is 4.74 Å². The third-order valence-electron chi connectivity index (χ3n) is 2.99. The van der Waals surface area contributed by atoms with Gasteiger partial charge in [0.05, 0.1) is 5.75 Å². The van der Waals surface area contributed by atoms with Gasteiger partial charge in [0.15, 0.2) is 6.61 Å². The number of benzene rings is 1. The van der Waals surface area contributed by atoms with Crippen molar-refractivity contribution in [2.45, 2.75) is 17.7 Å². The second-order valence-electron chi connectivity index (χ2n) is 4.49. The lowest BCUT2D eigenvalue weighted by atomic mass is 10.4. The molecular weight excluding hydrogens is 281 g/mol. The lowest BCUT2D eigenvalue weighted by molar-refractivity contribution is -0.149.